The molecule has 3 aromatic rings. The van der Waals surface area contributed by atoms with Gasteiger partial charge in [-0.15, -0.1) is 0 Å². The first-order valence-corrected chi connectivity index (χ1v) is 9.58. The number of nitrogens with zero attached hydrogens (tertiary/aromatic N) is 3. The molecule has 1 N–H and O–H groups in total. The van der Waals surface area contributed by atoms with Gasteiger partial charge in [0.15, 0.2) is 0 Å². The zero-order chi connectivity index (χ0) is 20.8. The number of carbonyl (C=O) groups is 1. The number of amides is 1. The van der Waals surface area contributed by atoms with E-state index in [4.69, 9.17) is 16.3 Å². The normalized spacial score (nSPS) is 11.0. The van der Waals surface area contributed by atoms with E-state index >= 15 is 0 Å². The van der Waals surface area contributed by atoms with E-state index < -0.39 is 0 Å². The maximum Gasteiger partial charge on any atom is 0.244 e. The van der Waals surface area contributed by atoms with E-state index in [1.807, 2.05) is 48.9 Å². The molecule has 29 heavy (non-hydrogen) atoms. The van der Waals surface area contributed by atoms with E-state index in [9.17, 15) is 4.79 Å². The maximum atomic E-state index is 12.3. The molecule has 2 heterocycles. The fourth-order valence-electron chi connectivity index (χ4n) is 3.04. The SMILES string of the molecule is COc1ncccc1CNC(=O)/C=C/c1c(C)nn(Cc2ccccc2Cl)c1C. The van der Waals surface area contributed by atoms with Crippen molar-refractivity contribution >= 4 is 23.6 Å². The molecule has 0 bridgehead atoms. The number of hydrogen-bond acceptors (Lipinski definition) is 4. The summed E-state index contributed by atoms with van der Waals surface area (Å²) in [4.78, 5) is 16.4. The number of hydrogen-bond donors (Lipinski definition) is 1. The lowest BCUT2D eigenvalue weighted by Crippen LogP contribution is -2.20. The molecule has 3 rings (SSSR count). The molecule has 2 aromatic heterocycles. The van der Waals surface area contributed by atoms with Crippen LogP contribution in [0.2, 0.25) is 5.02 Å². The van der Waals surface area contributed by atoms with Gasteiger partial charge in [0.2, 0.25) is 11.8 Å². The Bertz CT molecular complexity index is 1040. The Hall–Kier alpha value is -3.12. The standard InChI is InChI=1S/C22H23ClN4O2/c1-15-19(16(2)27(26-15)14-18-7-4-5-9-20(18)23)10-11-21(28)25-13-17-8-6-12-24-22(17)29-3/h4-12H,13-14H2,1-3H3,(H,25,28)/b11-10+. The number of rotatable bonds is 7. The molecule has 1 aromatic carbocycles. The predicted octanol–water partition coefficient (Wildman–Crippen LogP) is 3.93. The minimum absolute atomic E-state index is 0.200. The summed E-state index contributed by atoms with van der Waals surface area (Å²) in [5.74, 6) is 0.304. The Balaban J connectivity index is 1.68. The van der Waals surface area contributed by atoms with Gasteiger partial charge in [0.25, 0.3) is 0 Å². The summed E-state index contributed by atoms with van der Waals surface area (Å²) in [6.45, 7) is 4.82. The number of benzene rings is 1. The van der Waals surface area contributed by atoms with Crippen LogP contribution in [0.15, 0.2) is 48.7 Å². The molecule has 0 saturated carbocycles. The van der Waals surface area contributed by atoms with Crippen molar-refractivity contribution in [3.8, 4) is 5.88 Å². The monoisotopic (exact) mass is 410 g/mol. The van der Waals surface area contributed by atoms with Crippen molar-refractivity contribution in [2.45, 2.75) is 26.9 Å². The van der Waals surface area contributed by atoms with Crippen molar-refractivity contribution in [3.05, 3.63) is 81.8 Å². The number of halogens is 1. The molecule has 7 heteroatoms. The number of aryl methyl sites for hydroxylation is 1. The smallest absolute Gasteiger partial charge is 0.244 e. The van der Waals surface area contributed by atoms with Crippen molar-refractivity contribution in [2.75, 3.05) is 7.11 Å². The third-order valence-corrected chi connectivity index (χ3v) is 4.98. The number of carbonyl (C=O) groups excluding carboxylic acids is 1. The molecule has 1 amide bonds. The number of aromatic nitrogens is 3. The van der Waals surface area contributed by atoms with Crippen molar-refractivity contribution in [3.63, 3.8) is 0 Å². The van der Waals surface area contributed by atoms with Gasteiger partial charge in [-0.3, -0.25) is 9.48 Å². The molecule has 0 radical (unpaired) electrons. The van der Waals surface area contributed by atoms with E-state index in [0.29, 0.717) is 24.0 Å². The van der Waals surface area contributed by atoms with E-state index in [1.165, 1.54) is 6.08 Å². The first-order chi connectivity index (χ1) is 14.0. The van der Waals surface area contributed by atoms with Gasteiger partial charge in [0, 0.05) is 40.7 Å². The van der Waals surface area contributed by atoms with Crippen LogP contribution in [0, 0.1) is 13.8 Å². The molecular formula is C22H23ClN4O2. The topological polar surface area (TPSA) is 69.0 Å². The molecule has 150 valence electrons. The highest BCUT2D eigenvalue weighted by atomic mass is 35.5. The van der Waals surface area contributed by atoms with Gasteiger partial charge in [0.1, 0.15) is 0 Å². The first-order valence-electron chi connectivity index (χ1n) is 9.20. The number of nitrogens with one attached hydrogen (secondary N) is 1. The quantitative estimate of drug-likeness (QED) is 0.599. The van der Waals surface area contributed by atoms with Gasteiger partial charge < -0.3 is 10.1 Å². The van der Waals surface area contributed by atoms with Crippen molar-refractivity contribution < 1.29 is 9.53 Å². The lowest BCUT2D eigenvalue weighted by Gasteiger charge is -2.07. The van der Waals surface area contributed by atoms with Gasteiger partial charge in [-0.1, -0.05) is 35.9 Å². The molecule has 0 aliphatic heterocycles. The van der Waals surface area contributed by atoms with Crippen LogP contribution >= 0.6 is 11.6 Å². The second-order valence-electron chi connectivity index (χ2n) is 6.56. The van der Waals surface area contributed by atoms with Crippen LogP contribution in [-0.2, 0) is 17.9 Å². The Morgan fingerprint density at radius 3 is 2.72 bits per heavy atom. The maximum absolute atomic E-state index is 12.3. The zero-order valence-electron chi connectivity index (χ0n) is 16.6. The highest BCUT2D eigenvalue weighted by molar-refractivity contribution is 6.31. The fourth-order valence-corrected chi connectivity index (χ4v) is 3.23. The van der Waals surface area contributed by atoms with Gasteiger partial charge in [-0.2, -0.15) is 5.10 Å². The molecule has 0 aliphatic rings. The second kappa shape index (κ2) is 9.39. The zero-order valence-corrected chi connectivity index (χ0v) is 17.4. The number of methoxy groups -OCH3 is 1. The van der Waals surface area contributed by atoms with Crippen LogP contribution in [0.4, 0.5) is 0 Å². The summed E-state index contributed by atoms with van der Waals surface area (Å²) in [7, 11) is 1.55. The third kappa shape index (κ3) is 5.03. The largest absolute Gasteiger partial charge is 0.481 e. The Labute approximate surface area is 175 Å². The summed E-state index contributed by atoms with van der Waals surface area (Å²) < 4.78 is 7.09. The summed E-state index contributed by atoms with van der Waals surface area (Å²) in [5, 5.41) is 8.15. The Kier molecular flexibility index (Phi) is 6.67. The predicted molar refractivity (Wildman–Crippen MR) is 114 cm³/mol. The summed E-state index contributed by atoms with van der Waals surface area (Å²) in [6.07, 6.45) is 4.95. The summed E-state index contributed by atoms with van der Waals surface area (Å²) >= 11 is 6.26. The molecule has 0 aliphatic carbocycles. The summed E-state index contributed by atoms with van der Waals surface area (Å²) in [5.41, 5.74) is 4.56. The second-order valence-corrected chi connectivity index (χ2v) is 6.96. The molecule has 6 nitrogen and oxygen atoms in total. The average molecular weight is 411 g/mol. The van der Waals surface area contributed by atoms with Crippen LogP contribution in [0.3, 0.4) is 0 Å². The minimum atomic E-state index is -0.200. The van der Waals surface area contributed by atoms with Gasteiger partial charge >= 0.3 is 0 Å². The highest BCUT2D eigenvalue weighted by Gasteiger charge is 2.11. The van der Waals surface area contributed by atoms with Crippen molar-refractivity contribution in [1.82, 2.24) is 20.1 Å². The van der Waals surface area contributed by atoms with E-state index in [0.717, 1.165) is 28.1 Å². The average Bonchev–Trinajstić information content (AvgIpc) is 2.99. The molecular weight excluding hydrogens is 388 g/mol. The Morgan fingerprint density at radius 1 is 1.21 bits per heavy atom. The Morgan fingerprint density at radius 2 is 1.97 bits per heavy atom. The van der Waals surface area contributed by atoms with Gasteiger partial charge in [0.05, 0.1) is 19.3 Å². The minimum Gasteiger partial charge on any atom is -0.481 e. The van der Waals surface area contributed by atoms with Crippen LogP contribution in [0.5, 0.6) is 5.88 Å². The van der Waals surface area contributed by atoms with Crippen LogP contribution in [0.25, 0.3) is 6.08 Å². The molecule has 0 atom stereocenters. The van der Waals surface area contributed by atoms with Crippen LogP contribution in [0.1, 0.15) is 28.1 Å². The van der Waals surface area contributed by atoms with E-state index in [2.05, 4.69) is 15.4 Å². The van der Waals surface area contributed by atoms with Crippen molar-refractivity contribution in [2.24, 2.45) is 0 Å². The lowest BCUT2D eigenvalue weighted by atomic mass is 10.1. The molecule has 0 spiro atoms. The van der Waals surface area contributed by atoms with Crippen molar-refractivity contribution in [1.29, 1.82) is 0 Å². The molecule has 0 saturated heterocycles. The third-order valence-electron chi connectivity index (χ3n) is 4.61. The van der Waals surface area contributed by atoms with Gasteiger partial charge in [-0.05, 0) is 37.6 Å². The van der Waals surface area contributed by atoms with Crippen LogP contribution in [-0.4, -0.2) is 27.8 Å². The van der Waals surface area contributed by atoms with E-state index in [1.54, 1.807) is 25.4 Å². The fraction of sp³-hybridized carbons (Fsp3) is 0.227. The number of pyridine rings is 1. The van der Waals surface area contributed by atoms with E-state index in [-0.39, 0.29) is 5.91 Å². The number of ether oxygens (including phenoxy) is 1. The molecule has 0 unspecified atom stereocenters. The molecule has 0 fully saturated rings. The van der Waals surface area contributed by atoms with Crippen LogP contribution < -0.4 is 10.1 Å². The van der Waals surface area contributed by atoms with Gasteiger partial charge in [-0.25, -0.2) is 4.98 Å². The highest BCUT2D eigenvalue weighted by Crippen LogP contribution is 2.20. The summed E-state index contributed by atoms with van der Waals surface area (Å²) in [6, 6.07) is 11.4. The first kappa shape index (κ1) is 20.6. The lowest BCUT2D eigenvalue weighted by molar-refractivity contribution is -0.116.